The Hall–Kier alpha value is -2.71. The standard InChI is InChI=1S/C29H44N6O2/c1-3-13-33-17-19-34(20-18-33)14-7-12-30-28(36)10-11-29(37)31-24-8-9-26-25(22-24)23(2)21-27(32-26)35-15-5-4-6-16-35/h8-9,21-22H,3-7,10-20H2,1-2H3,(H,30,36)(H,31,37). The van der Waals surface area contributed by atoms with Crippen molar-refractivity contribution in [3.8, 4) is 0 Å². The van der Waals surface area contributed by atoms with Crippen molar-refractivity contribution >= 4 is 34.2 Å². The summed E-state index contributed by atoms with van der Waals surface area (Å²) in [4.78, 5) is 36.9. The summed E-state index contributed by atoms with van der Waals surface area (Å²) < 4.78 is 0. The monoisotopic (exact) mass is 508 g/mol. The molecule has 2 aliphatic rings. The number of carbonyl (C=O) groups is 2. The highest BCUT2D eigenvalue weighted by molar-refractivity contribution is 5.96. The summed E-state index contributed by atoms with van der Waals surface area (Å²) in [5.41, 5.74) is 2.84. The molecule has 3 heterocycles. The molecule has 1 aromatic carbocycles. The molecule has 2 fully saturated rings. The van der Waals surface area contributed by atoms with Crippen LogP contribution in [0.3, 0.4) is 0 Å². The molecule has 2 aliphatic heterocycles. The number of hydrogen-bond donors (Lipinski definition) is 2. The van der Waals surface area contributed by atoms with E-state index in [4.69, 9.17) is 4.98 Å². The Morgan fingerprint density at radius 3 is 2.32 bits per heavy atom. The number of rotatable bonds is 11. The highest BCUT2D eigenvalue weighted by Gasteiger charge is 2.16. The second kappa shape index (κ2) is 13.7. The number of amides is 2. The molecule has 8 nitrogen and oxygen atoms in total. The average Bonchev–Trinajstić information content (AvgIpc) is 2.92. The Bertz CT molecular complexity index is 1040. The first-order valence-electron chi connectivity index (χ1n) is 14.2. The van der Waals surface area contributed by atoms with Crippen LogP contribution in [0.1, 0.15) is 57.4 Å². The average molecular weight is 509 g/mol. The van der Waals surface area contributed by atoms with Crippen molar-refractivity contribution in [2.24, 2.45) is 0 Å². The third-order valence-corrected chi connectivity index (χ3v) is 7.52. The fraction of sp³-hybridized carbons (Fsp3) is 0.621. The number of aryl methyl sites for hydroxylation is 1. The predicted octanol–water partition coefficient (Wildman–Crippen LogP) is 3.79. The van der Waals surface area contributed by atoms with Crippen molar-refractivity contribution in [1.82, 2.24) is 20.1 Å². The highest BCUT2D eigenvalue weighted by Crippen LogP contribution is 2.27. The lowest BCUT2D eigenvalue weighted by Crippen LogP contribution is -2.47. The van der Waals surface area contributed by atoms with E-state index in [1.165, 1.54) is 32.2 Å². The van der Waals surface area contributed by atoms with Gasteiger partial charge in [-0.1, -0.05) is 6.92 Å². The summed E-state index contributed by atoms with van der Waals surface area (Å²) >= 11 is 0. The van der Waals surface area contributed by atoms with Gasteiger partial charge in [0.05, 0.1) is 5.52 Å². The number of nitrogens with one attached hydrogen (secondary N) is 2. The van der Waals surface area contributed by atoms with E-state index >= 15 is 0 Å². The van der Waals surface area contributed by atoms with Gasteiger partial charge in [0.2, 0.25) is 11.8 Å². The van der Waals surface area contributed by atoms with Gasteiger partial charge in [-0.2, -0.15) is 0 Å². The second-order valence-corrected chi connectivity index (χ2v) is 10.5. The smallest absolute Gasteiger partial charge is 0.224 e. The summed E-state index contributed by atoms with van der Waals surface area (Å²) in [5.74, 6) is 0.837. The normalized spacial score (nSPS) is 17.2. The first-order valence-corrected chi connectivity index (χ1v) is 14.2. The minimum atomic E-state index is -0.144. The van der Waals surface area contributed by atoms with E-state index in [0.717, 1.165) is 80.2 Å². The topological polar surface area (TPSA) is 80.8 Å². The largest absolute Gasteiger partial charge is 0.357 e. The van der Waals surface area contributed by atoms with Crippen molar-refractivity contribution in [1.29, 1.82) is 0 Å². The predicted molar refractivity (Wildman–Crippen MR) is 151 cm³/mol. The van der Waals surface area contributed by atoms with Crippen LogP contribution in [0.4, 0.5) is 11.5 Å². The van der Waals surface area contributed by atoms with E-state index in [0.29, 0.717) is 6.54 Å². The minimum Gasteiger partial charge on any atom is -0.357 e. The summed E-state index contributed by atoms with van der Waals surface area (Å²) in [7, 11) is 0. The maximum absolute atomic E-state index is 12.5. The molecular formula is C29H44N6O2. The molecule has 202 valence electrons. The number of nitrogens with zero attached hydrogens (tertiary/aromatic N) is 4. The maximum atomic E-state index is 12.5. The molecule has 2 saturated heterocycles. The molecule has 0 unspecified atom stereocenters. The van der Waals surface area contributed by atoms with Crippen molar-refractivity contribution < 1.29 is 9.59 Å². The van der Waals surface area contributed by atoms with E-state index in [2.05, 4.69) is 45.2 Å². The van der Waals surface area contributed by atoms with Crippen LogP contribution in [0.15, 0.2) is 24.3 Å². The van der Waals surface area contributed by atoms with Crippen LogP contribution in [-0.2, 0) is 9.59 Å². The van der Waals surface area contributed by atoms with Gasteiger partial charge in [0, 0.05) is 69.7 Å². The fourth-order valence-electron chi connectivity index (χ4n) is 5.36. The van der Waals surface area contributed by atoms with Gasteiger partial charge in [-0.15, -0.1) is 0 Å². The zero-order valence-corrected chi connectivity index (χ0v) is 22.7. The second-order valence-electron chi connectivity index (χ2n) is 10.5. The molecule has 0 aliphatic carbocycles. The van der Waals surface area contributed by atoms with Crippen molar-refractivity contribution in [2.45, 2.75) is 58.8 Å². The first-order chi connectivity index (χ1) is 18.0. The molecule has 1 aromatic heterocycles. The van der Waals surface area contributed by atoms with E-state index in [-0.39, 0.29) is 24.7 Å². The molecular weight excluding hydrogens is 464 g/mol. The lowest BCUT2D eigenvalue weighted by molar-refractivity contribution is -0.124. The van der Waals surface area contributed by atoms with E-state index in [1.807, 2.05) is 18.2 Å². The summed E-state index contributed by atoms with van der Waals surface area (Å²) in [6, 6.07) is 8.00. The molecule has 0 bridgehead atoms. The molecule has 0 saturated carbocycles. The van der Waals surface area contributed by atoms with Gasteiger partial charge in [0.25, 0.3) is 0 Å². The van der Waals surface area contributed by atoms with E-state index in [9.17, 15) is 9.59 Å². The number of aromatic nitrogens is 1. The fourth-order valence-corrected chi connectivity index (χ4v) is 5.36. The number of piperidine rings is 1. The third kappa shape index (κ3) is 8.14. The number of pyridine rings is 1. The Labute approximate surface area is 221 Å². The van der Waals surface area contributed by atoms with Crippen molar-refractivity contribution in [3.05, 3.63) is 29.8 Å². The highest BCUT2D eigenvalue weighted by atomic mass is 16.2. The number of anilines is 2. The third-order valence-electron chi connectivity index (χ3n) is 7.52. The zero-order chi connectivity index (χ0) is 26.0. The molecule has 4 rings (SSSR count). The van der Waals surface area contributed by atoms with Gasteiger partial charge in [0.1, 0.15) is 5.82 Å². The number of carbonyl (C=O) groups excluding carboxylic acids is 2. The number of fused-ring (bicyclic) bond motifs is 1. The lowest BCUT2D eigenvalue weighted by atomic mass is 10.1. The SMILES string of the molecule is CCCN1CCN(CCCNC(=O)CCC(=O)Nc2ccc3nc(N4CCCCC4)cc(C)c3c2)CC1. The number of benzene rings is 1. The van der Waals surface area contributed by atoms with Gasteiger partial charge in [-0.3, -0.25) is 9.59 Å². The van der Waals surface area contributed by atoms with Gasteiger partial charge < -0.3 is 25.3 Å². The summed E-state index contributed by atoms with van der Waals surface area (Å²) in [5, 5.41) is 6.96. The molecule has 2 N–H and O–H groups in total. The molecule has 0 radical (unpaired) electrons. The van der Waals surface area contributed by atoms with E-state index in [1.54, 1.807) is 0 Å². The van der Waals surface area contributed by atoms with E-state index < -0.39 is 0 Å². The summed E-state index contributed by atoms with van der Waals surface area (Å²) in [6.45, 7) is 13.8. The first kappa shape index (κ1) is 27.3. The number of hydrogen-bond acceptors (Lipinski definition) is 6. The Morgan fingerprint density at radius 1 is 0.892 bits per heavy atom. The van der Waals surface area contributed by atoms with Crippen LogP contribution < -0.4 is 15.5 Å². The van der Waals surface area contributed by atoms with Crippen LogP contribution >= 0.6 is 0 Å². The Morgan fingerprint density at radius 2 is 1.59 bits per heavy atom. The van der Waals surface area contributed by atoms with Crippen LogP contribution in [0, 0.1) is 6.92 Å². The zero-order valence-electron chi connectivity index (χ0n) is 22.7. The van der Waals surface area contributed by atoms with Crippen LogP contribution in [0.25, 0.3) is 10.9 Å². The quantitative estimate of drug-likeness (QED) is 0.450. The molecule has 8 heteroatoms. The van der Waals surface area contributed by atoms with Crippen molar-refractivity contribution in [2.75, 3.05) is 69.1 Å². The molecule has 0 spiro atoms. The van der Waals surface area contributed by atoms with Crippen molar-refractivity contribution in [3.63, 3.8) is 0 Å². The lowest BCUT2D eigenvalue weighted by Gasteiger charge is -2.34. The van der Waals surface area contributed by atoms with Crippen LogP contribution in [-0.4, -0.2) is 85.5 Å². The van der Waals surface area contributed by atoms with Gasteiger partial charge >= 0.3 is 0 Å². The molecule has 37 heavy (non-hydrogen) atoms. The minimum absolute atomic E-state index is 0.0632. The van der Waals surface area contributed by atoms with Gasteiger partial charge in [0.15, 0.2) is 0 Å². The summed E-state index contributed by atoms with van der Waals surface area (Å²) in [6.07, 6.45) is 6.27. The van der Waals surface area contributed by atoms with Crippen LogP contribution in [0.2, 0.25) is 0 Å². The number of piperazine rings is 1. The molecule has 2 aromatic rings. The molecule has 0 atom stereocenters. The van der Waals surface area contributed by atoms with Crippen LogP contribution in [0.5, 0.6) is 0 Å². The Kier molecular flexibility index (Phi) is 10.1. The van der Waals surface area contributed by atoms with Gasteiger partial charge in [-0.25, -0.2) is 4.98 Å². The molecule has 2 amide bonds. The maximum Gasteiger partial charge on any atom is 0.224 e. The Balaban J connectivity index is 1.16. The van der Waals surface area contributed by atoms with Gasteiger partial charge in [-0.05, 0) is 81.9 Å².